The summed E-state index contributed by atoms with van der Waals surface area (Å²) < 4.78 is 33.7. The highest BCUT2D eigenvalue weighted by Gasteiger charge is 2.54. The van der Waals surface area contributed by atoms with Crippen LogP contribution in [0.4, 0.5) is 5.69 Å². The molecule has 4 aromatic rings. The van der Waals surface area contributed by atoms with Crippen LogP contribution in [0.3, 0.4) is 0 Å². The molecule has 18 heteroatoms. The average molecular weight is 1050 g/mol. The first kappa shape index (κ1) is 51.2. The zero-order valence-electron chi connectivity index (χ0n) is 44.5. The van der Waals surface area contributed by atoms with Gasteiger partial charge < -0.3 is 38.5 Å². The summed E-state index contributed by atoms with van der Waals surface area (Å²) in [5.41, 5.74) is 9.81. The van der Waals surface area contributed by atoms with Crippen LogP contribution in [0.25, 0.3) is 33.4 Å². The Morgan fingerprint density at radius 1 is 0.947 bits per heavy atom. The number of carbonyl (C=O) groups excluding carboxylic acids is 3. The van der Waals surface area contributed by atoms with Crippen LogP contribution in [0.1, 0.15) is 126 Å². The molecule has 7 fully saturated rings. The summed E-state index contributed by atoms with van der Waals surface area (Å²) in [7, 11) is 1.75. The molecule has 0 spiro atoms. The predicted molar refractivity (Wildman–Crippen MR) is 286 cm³/mol. The molecule has 7 aliphatic heterocycles. The van der Waals surface area contributed by atoms with E-state index in [0.29, 0.717) is 65.0 Å². The van der Waals surface area contributed by atoms with E-state index in [0.717, 1.165) is 139 Å². The van der Waals surface area contributed by atoms with E-state index in [-0.39, 0.29) is 36.7 Å². The number of carbonyl (C=O) groups is 3. The third kappa shape index (κ3) is 10.4. The number of likely N-dealkylation sites (tertiary alicyclic amines) is 1. The lowest BCUT2D eigenvalue weighted by Gasteiger charge is -2.40. The number of cyclic esters (lactones) is 1. The number of amides is 2. The SMILES string of the molecule is CO[C@@H](C)c1ncc(N2CCN(C3CC3)CC2)cc1-c1c2c3cc(ccc3n1CCOC1CCOCC1)-c1csc(n1)[C@@H](N1CCCC1)[C@H](NC(=O)C13CCC(CC1)O3)C(=O)N1CCC[C@H](N1)C(=O)OCC(C)(C)C2. The minimum atomic E-state index is -0.989. The number of ether oxygens (including phenoxy) is 5. The molecule has 0 unspecified atom stereocenters. The summed E-state index contributed by atoms with van der Waals surface area (Å²) in [6.45, 7) is 14.9. The average Bonchev–Trinajstić information content (AvgIpc) is 3.95. The predicted octanol–water partition coefficient (Wildman–Crippen LogP) is 6.97. The fourth-order valence-electron chi connectivity index (χ4n) is 13.2. The number of piperazine rings is 1. The molecular formula is C57H77N9O8S. The molecule has 1 saturated carbocycles. The fourth-order valence-corrected chi connectivity index (χ4v) is 14.2. The number of anilines is 1. The van der Waals surface area contributed by atoms with Crippen molar-refractivity contribution >= 4 is 45.7 Å². The highest BCUT2D eigenvalue weighted by Crippen LogP contribution is 2.46. The zero-order valence-corrected chi connectivity index (χ0v) is 45.3. The number of fused-ring (bicyclic) bond motifs is 8. The van der Waals surface area contributed by atoms with Gasteiger partial charge in [0.2, 0.25) is 0 Å². The zero-order chi connectivity index (χ0) is 51.4. The Balaban J connectivity index is 1.00. The molecule has 4 atom stereocenters. The van der Waals surface area contributed by atoms with Gasteiger partial charge in [-0.25, -0.2) is 10.4 Å². The molecule has 1 aromatic carbocycles. The number of rotatable bonds is 12. The van der Waals surface area contributed by atoms with Crippen LogP contribution in [0, 0.1) is 5.41 Å². The van der Waals surface area contributed by atoms with E-state index < -0.39 is 35.1 Å². The van der Waals surface area contributed by atoms with Crippen molar-refractivity contribution in [2.24, 2.45) is 5.41 Å². The quantitative estimate of drug-likeness (QED) is 0.140. The fraction of sp³-hybridized carbons (Fsp3) is 0.667. The Morgan fingerprint density at radius 2 is 1.73 bits per heavy atom. The summed E-state index contributed by atoms with van der Waals surface area (Å²) in [5, 5.41) is 8.82. The monoisotopic (exact) mass is 1050 g/mol. The van der Waals surface area contributed by atoms with Crippen molar-refractivity contribution in [3.05, 3.63) is 52.1 Å². The standard InChI is InChI=1S/C57H77N9O8S/c1-36(70-4)48-43(31-39(33-58-48)63-24-22-62(23-25-63)38-10-11-38)50-44-32-56(2,3)35-73-54(68)45-8-7-21-66(61-45)53(67)49(60-55(69)57-17-13-41(74-57)14-18-57)51(64-19-5-6-20-64)52-59-46(34-75-52)37-9-12-47(42(44)30-37)65(50)26-29-72-40-15-27-71-28-16-40/h9,12,30-31,33-34,36,38,40-41,45,49,51,61H,5-8,10-11,13-29,32,35H2,1-4H3,(H,60,69)/t36-,41?,45-,49-,51-,57?/m0/s1. The van der Waals surface area contributed by atoms with Gasteiger partial charge in [0.15, 0.2) is 0 Å². The van der Waals surface area contributed by atoms with Gasteiger partial charge in [0.05, 0.1) is 66.5 Å². The van der Waals surface area contributed by atoms with Crippen LogP contribution in [-0.4, -0.2) is 162 Å². The van der Waals surface area contributed by atoms with Crippen molar-refractivity contribution in [2.75, 3.05) is 84.3 Å². The number of methoxy groups -OCH3 is 1. The largest absolute Gasteiger partial charge is 0.464 e. The van der Waals surface area contributed by atoms with E-state index in [9.17, 15) is 9.59 Å². The van der Waals surface area contributed by atoms with Crippen molar-refractivity contribution in [3.63, 3.8) is 0 Å². The molecule has 0 radical (unpaired) electrons. The van der Waals surface area contributed by atoms with Crippen LogP contribution in [0.2, 0.25) is 0 Å². The number of hydrazine groups is 1. The van der Waals surface area contributed by atoms with E-state index in [4.69, 9.17) is 33.7 Å². The first-order valence-electron chi connectivity index (χ1n) is 28.2. The van der Waals surface area contributed by atoms with E-state index in [2.05, 4.69) is 80.4 Å². The lowest BCUT2D eigenvalue weighted by molar-refractivity contribution is -0.156. The first-order valence-corrected chi connectivity index (χ1v) is 29.1. The molecule has 2 N–H and O–H groups in total. The van der Waals surface area contributed by atoms with E-state index in [1.165, 1.54) is 24.2 Å². The number of hydrogen-bond donors (Lipinski definition) is 2. The lowest BCUT2D eigenvalue weighted by Crippen LogP contribution is -2.63. The van der Waals surface area contributed by atoms with Gasteiger partial charge in [0.25, 0.3) is 11.8 Å². The van der Waals surface area contributed by atoms with Gasteiger partial charge in [-0.3, -0.25) is 34.2 Å². The number of esters is 1. The minimum absolute atomic E-state index is 0.0695. The van der Waals surface area contributed by atoms with E-state index >= 15 is 4.79 Å². The summed E-state index contributed by atoms with van der Waals surface area (Å²) in [6, 6.07) is 7.47. The molecule has 6 saturated heterocycles. The molecule has 17 nitrogen and oxygen atoms in total. The highest BCUT2D eigenvalue weighted by atomic mass is 32.1. The summed E-state index contributed by atoms with van der Waals surface area (Å²) in [5.74, 6) is -0.930. The smallest absolute Gasteiger partial charge is 0.324 e. The number of nitrogens with zero attached hydrogens (tertiary/aromatic N) is 7. The maximum Gasteiger partial charge on any atom is 0.324 e. The van der Waals surface area contributed by atoms with Crippen molar-refractivity contribution in [3.8, 4) is 22.5 Å². The Morgan fingerprint density at radius 3 is 2.47 bits per heavy atom. The van der Waals surface area contributed by atoms with Gasteiger partial charge in [0.1, 0.15) is 22.7 Å². The normalized spacial score (nSPS) is 28.5. The molecule has 10 heterocycles. The molecule has 3 aromatic heterocycles. The summed E-state index contributed by atoms with van der Waals surface area (Å²) >= 11 is 1.54. The number of nitrogens with one attached hydrogen (secondary N) is 2. The molecule has 8 bridgehead atoms. The van der Waals surface area contributed by atoms with Gasteiger partial charge in [-0.2, -0.15) is 0 Å². The number of pyridine rings is 1. The number of benzene rings is 1. The second kappa shape index (κ2) is 21.4. The van der Waals surface area contributed by atoms with Crippen molar-refractivity contribution < 1.29 is 38.1 Å². The summed E-state index contributed by atoms with van der Waals surface area (Å²) in [4.78, 5) is 62.4. The second-order valence-electron chi connectivity index (χ2n) is 23.4. The molecular weight excluding hydrogens is 971 g/mol. The highest BCUT2D eigenvalue weighted by molar-refractivity contribution is 7.10. The first-order chi connectivity index (χ1) is 36.4. The number of aromatic nitrogens is 3. The molecule has 1 aliphatic carbocycles. The topological polar surface area (TPSA) is 165 Å². The Bertz CT molecular complexity index is 2730. The molecule has 8 aliphatic rings. The van der Waals surface area contributed by atoms with Gasteiger partial charge >= 0.3 is 5.97 Å². The summed E-state index contributed by atoms with van der Waals surface area (Å²) in [6.07, 6.45) is 12.8. The van der Waals surface area contributed by atoms with Gasteiger partial charge in [-0.1, -0.05) is 19.9 Å². The van der Waals surface area contributed by atoms with Crippen LogP contribution in [0.15, 0.2) is 35.8 Å². The van der Waals surface area contributed by atoms with Gasteiger partial charge in [-0.05, 0) is 127 Å². The minimum Gasteiger partial charge on any atom is -0.464 e. The van der Waals surface area contributed by atoms with Crippen molar-refractivity contribution in [1.82, 2.24) is 40.1 Å². The van der Waals surface area contributed by atoms with Crippen LogP contribution in [0.5, 0.6) is 0 Å². The molecule has 2 amide bonds. The van der Waals surface area contributed by atoms with E-state index in [1.807, 2.05) is 6.20 Å². The maximum atomic E-state index is 15.3. The molecule has 404 valence electrons. The number of thiazole rings is 1. The third-order valence-corrected chi connectivity index (χ3v) is 18.6. The van der Waals surface area contributed by atoms with Gasteiger partial charge in [0, 0.05) is 98.5 Å². The Labute approximate surface area is 445 Å². The molecule has 75 heavy (non-hydrogen) atoms. The Hall–Kier alpha value is -4.53. The third-order valence-electron chi connectivity index (χ3n) is 17.7. The van der Waals surface area contributed by atoms with Crippen molar-refractivity contribution in [2.45, 2.75) is 159 Å². The van der Waals surface area contributed by atoms with E-state index in [1.54, 1.807) is 12.1 Å². The van der Waals surface area contributed by atoms with Crippen LogP contribution >= 0.6 is 11.3 Å². The second-order valence-corrected chi connectivity index (χ2v) is 24.3. The van der Waals surface area contributed by atoms with Crippen molar-refractivity contribution in [1.29, 1.82) is 0 Å². The lowest BCUT2D eigenvalue weighted by atomic mass is 9.84. The molecule has 12 rings (SSSR count). The number of hydrogen-bond acceptors (Lipinski definition) is 15. The Kier molecular flexibility index (Phi) is 14.6. The van der Waals surface area contributed by atoms with Crippen LogP contribution in [-0.2, 0) is 51.0 Å². The van der Waals surface area contributed by atoms with Crippen LogP contribution < -0.4 is 15.6 Å². The maximum absolute atomic E-state index is 15.3. The van der Waals surface area contributed by atoms with Gasteiger partial charge in [-0.15, -0.1) is 11.3 Å².